The zero-order valence-electron chi connectivity index (χ0n) is 13.4. The molecule has 2 N–H and O–H groups in total. The predicted octanol–water partition coefficient (Wildman–Crippen LogP) is 3.32. The van der Waals surface area contributed by atoms with Gasteiger partial charge >= 0.3 is 0 Å². The first-order chi connectivity index (χ1) is 11.2. The monoisotopic (exact) mass is 329 g/mol. The van der Waals surface area contributed by atoms with Crippen molar-refractivity contribution in [3.63, 3.8) is 0 Å². The summed E-state index contributed by atoms with van der Waals surface area (Å²) in [6.07, 6.45) is 0.870. The number of aliphatic hydroxyl groups is 1. The number of methoxy groups -OCH3 is 1. The summed E-state index contributed by atoms with van der Waals surface area (Å²) in [6.45, 7) is 1.33. The second-order valence-electron chi connectivity index (χ2n) is 6.02. The average Bonchev–Trinajstić information content (AvgIpc) is 3.02. The van der Waals surface area contributed by atoms with Crippen molar-refractivity contribution < 1.29 is 9.84 Å². The van der Waals surface area contributed by atoms with E-state index in [0.717, 1.165) is 34.8 Å². The minimum atomic E-state index is -0.554. The summed E-state index contributed by atoms with van der Waals surface area (Å²) in [5.74, 6) is 2.75. The molecule has 1 aliphatic rings. The average molecular weight is 329 g/mol. The second-order valence-corrected chi connectivity index (χ2v) is 7.13. The molecule has 1 saturated heterocycles. The van der Waals surface area contributed by atoms with Gasteiger partial charge in [-0.3, -0.25) is 0 Å². The maximum atomic E-state index is 10.4. The summed E-state index contributed by atoms with van der Waals surface area (Å²) in [5.41, 5.74) is 2.89. The molecular formula is C19H23NO2S. The molecule has 2 aromatic rings. The van der Waals surface area contributed by atoms with E-state index in [0.29, 0.717) is 13.1 Å². The Hall–Kier alpha value is -1.49. The van der Waals surface area contributed by atoms with E-state index in [9.17, 15) is 5.11 Å². The van der Waals surface area contributed by atoms with Crippen LogP contribution in [0.5, 0.6) is 5.75 Å². The smallest absolute Gasteiger partial charge is 0.123 e. The predicted molar refractivity (Wildman–Crippen MR) is 97.0 cm³/mol. The molecule has 0 saturated carbocycles. The van der Waals surface area contributed by atoms with Gasteiger partial charge in [0.05, 0.1) is 12.7 Å². The fourth-order valence-corrected chi connectivity index (χ4v) is 4.16. The van der Waals surface area contributed by atoms with Crippen molar-refractivity contribution in [2.24, 2.45) is 0 Å². The summed E-state index contributed by atoms with van der Waals surface area (Å²) < 4.78 is 5.55. The summed E-state index contributed by atoms with van der Waals surface area (Å²) in [4.78, 5) is 0. The Morgan fingerprint density at radius 1 is 1.17 bits per heavy atom. The molecule has 122 valence electrons. The zero-order chi connectivity index (χ0) is 16.1. The quantitative estimate of drug-likeness (QED) is 0.853. The first-order valence-electron chi connectivity index (χ1n) is 7.93. The molecule has 1 atom stereocenters. The van der Waals surface area contributed by atoms with Crippen LogP contribution in [0.1, 0.15) is 12.0 Å². The molecule has 1 aliphatic heterocycles. The van der Waals surface area contributed by atoms with Crippen molar-refractivity contribution in [3.05, 3.63) is 54.1 Å². The van der Waals surface area contributed by atoms with Gasteiger partial charge in [0.25, 0.3) is 0 Å². The third-order valence-electron chi connectivity index (χ3n) is 4.25. The lowest BCUT2D eigenvalue weighted by atomic mass is 10.0. The van der Waals surface area contributed by atoms with E-state index in [-0.39, 0.29) is 0 Å². The van der Waals surface area contributed by atoms with Gasteiger partial charge in [-0.05, 0) is 29.4 Å². The van der Waals surface area contributed by atoms with Gasteiger partial charge in [-0.25, -0.2) is 0 Å². The van der Waals surface area contributed by atoms with Crippen LogP contribution in [0.25, 0.3) is 11.1 Å². The highest BCUT2D eigenvalue weighted by Gasteiger charge is 2.31. The molecule has 0 aromatic heterocycles. The number of nitrogens with one attached hydrogen (secondary N) is 1. The lowest BCUT2D eigenvalue weighted by molar-refractivity contribution is 0.0674. The van der Waals surface area contributed by atoms with E-state index in [4.69, 9.17) is 4.74 Å². The van der Waals surface area contributed by atoms with Gasteiger partial charge in [0.2, 0.25) is 0 Å². The Balaban J connectivity index is 1.67. The van der Waals surface area contributed by atoms with Crippen LogP contribution >= 0.6 is 11.8 Å². The zero-order valence-corrected chi connectivity index (χ0v) is 14.2. The molecule has 3 nitrogen and oxygen atoms in total. The van der Waals surface area contributed by atoms with E-state index in [1.165, 1.54) is 5.56 Å². The van der Waals surface area contributed by atoms with Crippen LogP contribution < -0.4 is 10.1 Å². The third kappa shape index (κ3) is 4.08. The van der Waals surface area contributed by atoms with E-state index in [1.807, 2.05) is 30.0 Å². The van der Waals surface area contributed by atoms with Gasteiger partial charge in [-0.15, -0.1) is 0 Å². The van der Waals surface area contributed by atoms with Gasteiger partial charge in [-0.2, -0.15) is 11.8 Å². The molecule has 2 aromatic carbocycles. The number of benzene rings is 2. The third-order valence-corrected chi connectivity index (χ3v) is 5.48. The van der Waals surface area contributed by atoms with Crippen LogP contribution in [0, 0.1) is 0 Å². The van der Waals surface area contributed by atoms with E-state index < -0.39 is 5.60 Å². The Bertz CT molecular complexity index is 639. The highest BCUT2D eigenvalue weighted by atomic mass is 32.2. The van der Waals surface area contributed by atoms with Crippen LogP contribution in [0.3, 0.4) is 0 Å². The van der Waals surface area contributed by atoms with Gasteiger partial charge in [0.15, 0.2) is 0 Å². The number of ether oxygens (including phenoxy) is 1. The van der Waals surface area contributed by atoms with Crippen LogP contribution in [0.15, 0.2) is 48.5 Å². The minimum Gasteiger partial charge on any atom is -0.496 e. The summed E-state index contributed by atoms with van der Waals surface area (Å²) in [5, 5.41) is 13.7. The molecule has 4 heteroatoms. The standard InChI is InChI=1S/C19H23NO2S/c1-22-18-11-16(15-5-3-2-4-6-15)7-8-17(18)12-20-13-19(21)9-10-23-14-19/h2-8,11,20-21H,9-10,12-14H2,1H3. The van der Waals surface area contributed by atoms with Gasteiger partial charge in [-0.1, -0.05) is 42.5 Å². The van der Waals surface area contributed by atoms with Crippen molar-refractivity contribution in [3.8, 4) is 16.9 Å². The second kappa shape index (κ2) is 7.39. The number of hydrogen-bond acceptors (Lipinski definition) is 4. The van der Waals surface area contributed by atoms with E-state index >= 15 is 0 Å². The van der Waals surface area contributed by atoms with Crippen molar-refractivity contribution in [1.29, 1.82) is 0 Å². The Labute approximate surface area is 142 Å². The molecule has 1 unspecified atom stereocenters. The molecule has 0 bridgehead atoms. The normalized spacial score (nSPS) is 20.6. The topological polar surface area (TPSA) is 41.5 Å². The first-order valence-corrected chi connectivity index (χ1v) is 9.09. The van der Waals surface area contributed by atoms with Gasteiger partial charge in [0.1, 0.15) is 5.75 Å². The van der Waals surface area contributed by atoms with Crippen molar-refractivity contribution in [2.75, 3.05) is 25.2 Å². The largest absolute Gasteiger partial charge is 0.496 e. The van der Waals surface area contributed by atoms with E-state index in [2.05, 4.69) is 35.6 Å². The highest BCUT2D eigenvalue weighted by Crippen LogP contribution is 2.29. The molecular weight excluding hydrogens is 306 g/mol. The van der Waals surface area contributed by atoms with Crippen molar-refractivity contribution in [1.82, 2.24) is 5.32 Å². The molecule has 1 heterocycles. The van der Waals surface area contributed by atoms with Crippen LogP contribution in [-0.4, -0.2) is 35.9 Å². The molecule has 1 fully saturated rings. The van der Waals surface area contributed by atoms with Gasteiger partial charge < -0.3 is 15.2 Å². The summed E-state index contributed by atoms with van der Waals surface area (Å²) in [6, 6.07) is 16.6. The maximum absolute atomic E-state index is 10.4. The number of rotatable bonds is 6. The van der Waals surface area contributed by atoms with E-state index in [1.54, 1.807) is 7.11 Å². The fourth-order valence-electron chi connectivity index (χ4n) is 2.87. The highest BCUT2D eigenvalue weighted by molar-refractivity contribution is 7.99. The molecule has 23 heavy (non-hydrogen) atoms. The number of thioether (sulfide) groups is 1. The molecule has 0 radical (unpaired) electrons. The Morgan fingerprint density at radius 2 is 2.00 bits per heavy atom. The van der Waals surface area contributed by atoms with Crippen LogP contribution in [0.4, 0.5) is 0 Å². The maximum Gasteiger partial charge on any atom is 0.123 e. The fraction of sp³-hybridized carbons (Fsp3) is 0.368. The minimum absolute atomic E-state index is 0.554. The van der Waals surface area contributed by atoms with Crippen molar-refractivity contribution in [2.45, 2.75) is 18.6 Å². The van der Waals surface area contributed by atoms with Crippen LogP contribution in [0.2, 0.25) is 0 Å². The molecule has 0 amide bonds. The summed E-state index contributed by atoms with van der Waals surface area (Å²) >= 11 is 1.82. The SMILES string of the molecule is COc1cc(-c2ccccc2)ccc1CNCC1(O)CCSC1. The number of hydrogen-bond donors (Lipinski definition) is 2. The molecule has 3 rings (SSSR count). The molecule has 0 aliphatic carbocycles. The van der Waals surface area contributed by atoms with Crippen molar-refractivity contribution >= 4 is 11.8 Å². The Morgan fingerprint density at radius 3 is 2.70 bits per heavy atom. The molecule has 0 spiro atoms. The van der Waals surface area contributed by atoms with Gasteiger partial charge in [0, 0.05) is 24.4 Å². The lowest BCUT2D eigenvalue weighted by Crippen LogP contribution is -2.40. The lowest BCUT2D eigenvalue weighted by Gasteiger charge is -2.22. The first kappa shape index (κ1) is 16.4. The summed E-state index contributed by atoms with van der Waals surface area (Å²) in [7, 11) is 1.70. The Kier molecular flexibility index (Phi) is 5.26. The van der Waals surface area contributed by atoms with Crippen LogP contribution in [-0.2, 0) is 6.54 Å².